The molecule has 1 nitrogen and oxygen atoms in total. The Hall–Kier alpha value is -1.43. The van der Waals surface area contributed by atoms with Gasteiger partial charge in [-0.15, -0.1) is 0 Å². The molecule has 0 radical (unpaired) electrons. The van der Waals surface area contributed by atoms with Crippen molar-refractivity contribution in [3.63, 3.8) is 0 Å². The Balaban J connectivity index is 0.000000921. The molecule has 0 spiro atoms. The highest BCUT2D eigenvalue weighted by Crippen LogP contribution is 2.23. The summed E-state index contributed by atoms with van der Waals surface area (Å²) >= 11 is 0. The lowest BCUT2D eigenvalue weighted by Gasteiger charge is -2.08. The predicted molar refractivity (Wildman–Crippen MR) is 56.5 cm³/mol. The molecule has 0 atom stereocenters. The van der Waals surface area contributed by atoms with Gasteiger partial charge in [-0.3, -0.25) is 0 Å². The Labute approximate surface area is 89.4 Å². The molecule has 0 aliphatic heterocycles. The number of hydrogen-bond acceptors (Lipinski definition) is 1. The van der Waals surface area contributed by atoms with Crippen molar-refractivity contribution in [2.24, 2.45) is 0 Å². The summed E-state index contributed by atoms with van der Waals surface area (Å²) in [4.78, 5) is 0. The van der Waals surface area contributed by atoms with E-state index in [2.05, 4.69) is 0 Å². The minimum atomic E-state index is -0.710. The fourth-order valence-corrected chi connectivity index (χ4v) is 1.26. The number of nitriles is 1. The standard InChI is InChI=1S/C10H9F2N.C2H6/c1-6(2)10-7(5-13)3-8(11)4-9(10)12;1-2/h3-4,6H,1-2H3;1-2H3. The van der Waals surface area contributed by atoms with Crippen LogP contribution in [0, 0.1) is 23.0 Å². The van der Waals surface area contributed by atoms with Crippen molar-refractivity contribution in [1.82, 2.24) is 0 Å². The quantitative estimate of drug-likeness (QED) is 0.689. The van der Waals surface area contributed by atoms with Crippen LogP contribution in [0.2, 0.25) is 0 Å². The van der Waals surface area contributed by atoms with E-state index in [-0.39, 0.29) is 17.0 Å². The molecule has 0 aliphatic carbocycles. The van der Waals surface area contributed by atoms with Gasteiger partial charge in [0, 0.05) is 11.6 Å². The second-order valence-corrected chi connectivity index (χ2v) is 3.12. The zero-order valence-electron chi connectivity index (χ0n) is 9.44. The third-order valence-electron chi connectivity index (χ3n) is 1.79. The van der Waals surface area contributed by atoms with Crippen molar-refractivity contribution < 1.29 is 8.78 Å². The van der Waals surface area contributed by atoms with Crippen LogP contribution in [0.1, 0.15) is 44.7 Å². The largest absolute Gasteiger partial charge is 0.207 e. The maximum absolute atomic E-state index is 13.2. The van der Waals surface area contributed by atoms with Crippen molar-refractivity contribution in [1.29, 1.82) is 5.26 Å². The van der Waals surface area contributed by atoms with Gasteiger partial charge in [0.1, 0.15) is 11.6 Å². The summed E-state index contributed by atoms with van der Waals surface area (Å²) in [6.45, 7) is 7.52. The Morgan fingerprint density at radius 2 is 1.73 bits per heavy atom. The molecule has 0 fully saturated rings. The summed E-state index contributed by atoms with van der Waals surface area (Å²) < 4.78 is 25.8. The summed E-state index contributed by atoms with van der Waals surface area (Å²) in [6.07, 6.45) is 0. The molecule has 82 valence electrons. The Morgan fingerprint density at radius 1 is 1.20 bits per heavy atom. The summed E-state index contributed by atoms with van der Waals surface area (Å²) in [7, 11) is 0. The lowest BCUT2D eigenvalue weighted by molar-refractivity contribution is 0.564. The van der Waals surface area contributed by atoms with E-state index in [1.54, 1.807) is 19.9 Å². The van der Waals surface area contributed by atoms with Gasteiger partial charge in [0.25, 0.3) is 0 Å². The van der Waals surface area contributed by atoms with Crippen LogP contribution in [0.3, 0.4) is 0 Å². The molecule has 0 bridgehead atoms. The molecule has 1 rings (SSSR count). The summed E-state index contributed by atoms with van der Waals surface area (Å²) in [6, 6.07) is 3.63. The number of rotatable bonds is 1. The molecule has 0 N–H and O–H groups in total. The lowest BCUT2D eigenvalue weighted by atomic mass is 9.97. The Kier molecular flexibility index (Phi) is 5.54. The van der Waals surface area contributed by atoms with Crippen LogP contribution in [0.15, 0.2) is 12.1 Å². The topological polar surface area (TPSA) is 23.8 Å². The van der Waals surface area contributed by atoms with Crippen LogP contribution in [-0.2, 0) is 0 Å². The van der Waals surface area contributed by atoms with Gasteiger partial charge in [0.15, 0.2) is 0 Å². The van der Waals surface area contributed by atoms with E-state index in [1.165, 1.54) is 0 Å². The molecule has 0 saturated heterocycles. The van der Waals surface area contributed by atoms with Gasteiger partial charge in [-0.2, -0.15) is 5.26 Å². The highest BCUT2D eigenvalue weighted by Gasteiger charge is 2.13. The monoisotopic (exact) mass is 211 g/mol. The zero-order chi connectivity index (χ0) is 12.0. The van der Waals surface area contributed by atoms with Crippen molar-refractivity contribution in [3.8, 4) is 6.07 Å². The van der Waals surface area contributed by atoms with Crippen LogP contribution >= 0.6 is 0 Å². The molecule has 1 aromatic rings. The normalized spacial score (nSPS) is 9.20. The third-order valence-corrected chi connectivity index (χ3v) is 1.79. The van der Waals surface area contributed by atoms with Crippen molar-refractivity contribution in [3.05, 3.63) is 34.9 Å². The van der Waals surface area contributed by atoms with Gasteiger partial charge in [-0.1, -0.05) is 27.7 Å². The molecule has 0 unspecified atom stereocenters. The lowest BCUT2D eigenvalue weighted by Crippen LogP contribution is -1.98. The SMILES string of the molecule is CC.CC(C)c1c(F)cc(F)cc1C#N. The van der Waals surface area contributed by atoms with E-state index in [9.17, 15) is 8.78 Å². The van der Waals surface area contributed by atoms with Gasteiger partial charge >= 0.3 is 0 Å². The summed E-state index contributed by atoms with van der Waals surface area (Å²) in [5.41, 5.74) is 0.358. The fourth-order valence-electron chi connectivity index (χ4n) is 1.26. The summed E-state index contributed by atoms with van der Waals surface area (Å²) in [5, 5.41) is 8.63. The maximum atomic E-state index is 13.2. The highest BCUT2D eigenvalue weighted by atomic mass is 19.1. The van der Waals surface area contributed by atoms with Gasteiger partial charge < -0.3 is 0 Å². The first-order valence-electron chi connectivity index (χ1n) is 4.95. The van der Waals surface area contributed by atoms with Gasteiger partial charge in [0.2, 0.25) is 0 Å². The summed E-state index contributed by atoms with van der Waals surface area (Å²) in [5.74, 6) is -1.47. The maximum Gasteiger partial charge on any atom is 0.130 e. The van der Waals surface area contributed by atoms with Crippen LogP contribution < -0.4 is 0 Å². The predicted octanol–water partition coefficient (Wildman–Crippen LogP) is 3.99. The molecular formula is C12H15F2N. The van der Waals surface area contributed by atoms with E-state index in [0.29, 0.717) is 0 Å². The van der Waals surface area contributed by atoms with Gasteiger partial charge in [-0.25, -0.2) is 8.78 Å². The van der Waals surface area contributed by atoms with Crippen LogP contribution in [0.5, 0.6) is 0 Å². The Morgan fingerprint density at radius 3 is 2.13 bits per heavy atom. The van der Waals surface area contributed by atoms with Crippen LogP contribution in [0.25, 0.3) is 0 Å². The minimum Gasteiger partial charge on any atom is -0.207 e. The number of nitrogens with zero attached hydrogens (tertiary/aromatic N) is 1. The molecule has 0 aromatic heterocycles. The molecule has 0 saturated carbocycles. The molecule has 1 aromatic carbocycles. The average Bonchev–Trinajstić information content (AvgIpc) is 2.18. The molecule has 0 amide bonds. The average molecular weight is 211 g/mol. The van der Waals surface area contributed by atoms with Crippen LogP contribution in [0.4, 0.5) is 8.78 Å². The fraction of sp³-hybridized carbons (Fsp3) is 0.417. The first-order chi connectivity index (χ1) is 7.06. The first-order valence-corrected chi connectivity index (χ1v) is 4.95. The number of halogens is 2. The molecule has 0 heterocycles. The smallest absolute Gasteiger partial charge is 0.130 e. The van der Waals surface area contributed by atoms with Crippen molar-refractivity contribution in [2.45, 2.75) is 33.6 Å². The van der Waals surface area contributed by atoms with E-state index < -0.39 is 11.6 Å². The van der Waals surface area contributed by atoms with E-state index in [1.807, 2.05) is 13.8 Å². The first kappa shape index (κ1) is 13.6. The third kappa shape index (κ3) is 3.32. The second kappa shape index (κ2) is 6.13. The molecule has 3 heteroatoms. The molecule has 0 aliphatic rings. The van der Waals surface area contributed by atoms with Crippen molar-refractivity contribution >= 4 is 0 Å². The number of benzene rings is 1. The molecule has 15 heavy (non-hydrogen) atoms. The van der Waals surface area contributed by atoms with Crippen molar-refractivity contribution in [2.75, 3.05) is 0 Å². The van der Waals surface area contributed by atoms with Gasteiger partial charge in [0.05, 0.1) is 11.6 Å². The van der Waals surface area contributed by atoms with Crippen LogP contribution in [-0.4, -0.2) is 0 Å². The van der Waals surface area contributed by atoms with E-state index in [0.717, 1.165) is 12.1 Å². The zero-order valence-corrected chi connectivity index (χ0v) is 9.44. The highest BCUT2D eigenvalue weighted by molar-refractivity contribution is 5.40. The van der Waals surface area contributed by atoms with E-state index in [4.69, 9.17) is 5.26 Å². The van der Waals surface area contributed by atoms with Gasteiger partial charge in [-0.05, 0) is 12.0 Å². The van der Waals surface area contributed by atoms with E-state index >= 15 is 0 Å². The Bertz CT molecular complexity index is 365. The molecular weight excluding hydrogens is 196 g/mol. The minimum absolute atomic E-state index is 0.0764. The second-order valence-electron chi connectivity index (χ2n) is 3.12. The number of hydrogen-bond donors (Lipinski definition) is 0.